The molecule has 2 N–H and O–H groups in total. The van der Waals surface area contributed by atoms with Gasteiger partial charge in [-0.2, -0.15) is 0 Å². The number of nitrogens with one attached hydrogen (secondary N) is 2. The molecule has 0 atom stereocenters. The van der Waals surface area contributed by atoms with Crippen LogP contribution in [-0.4, -0.2) is 19.5 Å². The number of hydrogen-bond acceptors (Lipinski definition) is 2. The number of anilines is 1. The van der Waals surface area contributed by atoms with Gasteiger partial charge < -0.3 is 10.6 Å². The Bertz CT molecular complexity index is 301. The van der Waals surface area contributed by atoms with E-state index < -0.39 is 0 Å². The maximum absolute atomic E-state index is 10.9. The molecule has 0 fully saturated rings. The molecular formula is C9H11IN2O. The highest BCUT2D eigenvalue weighted by Gasteiger charge is 1.97. The molecule has 3 nitrogen and oxygen atoms in total. The van der Waals surface area contributed by atoms with Gasteiger partial charge in [-0.25, -0.2) is 0 Å². The van der Waals surface area contributed by atoms with Gasteiger partial charge in [0, 0.05) is 16.3 Å². The quantitative estimate of drug-likeness (QED) is 0.827. The van der Waals surface area contributed by atoms with E-state index in [1.54, 1.807) is 7.05 Å². The Morgan fingerprint density at radius 2 is 2.31 bits per heavy atom. The number of halogens is 1. The first kappa shape index (κ1) is 10.3. The van der Waals surface area contributed by atoms with Crippen molar-refractivity contribution in [2.45, 2.75) is 0 Å². The fourth-order valence-corrected chi connectivity index (χ4v) is 1.41. The smallest absolute Gasteiger partial charge is 0.239 e. The van der Waals surface area contributed by atoms with Crippen LogP contribution >= 0.6 is 22.6 Å². The minimum Gasteiger partial charge on any atom is -0.376 e. The molecule has 0 aliphatic heterocycles. The zero-order valence-corrected chi connectivity index (χ0v) is 9.46. The summed E-state index contributed by atoms with van der Waals surface area (Å²) in [6, 6.07) is 7.88. The molecule has 0 aromatic heterocycles. The van der Waals surface area contributed by atoms with E-state index in [9.17, 15) is 4.79 Å². The molecule has 1 rings (SSSR count). The van der Waals surface area contributed by atoms with E-state index in [2.05, 4.69) is 33.2 Å². The van der Waals surface area contributed by atoms with Gasteiger partial charge in [0.2, 0.25) is 5.91 Å². The molecule has 0 radical (unpaired) electrons. The van der Waals surface area contributed by atoms with Gasteiger partial charge in [0.1, 0.15) is 0 Å². The van der Waals surface area contributed by atoms with Gasteiger partial charge in [0.25, 0.3) is 0 Å². The Morgan fingerprint density at radius 3 is 2.92 bits per heavy atom. The summed E-state index contributed by atoms with van der Waals surface area (Å²) in [5, 5.41) is 5.57. The lowest BCUT2D eigenvalue weighted by atomic mass is 10.3. The fraction of sp³-hybridized carbons (Fsp3) is 0.222. The Kier molecular flexibility index (Phi) is 4.01. The largest absolute Gasteiger partial charge is 0.376 e. The SMILES string of the molecule is CNC(=O)CNc1cccc(I)c1. The molecule has 0 aliphatic rings. The zero-order chi connectivity index (χ0) is 9.68. The topological polar surface area (TPSA) is 41.1 Å². The van der Waals surface area contributed by atoms with Crippen molar-refractivity contribution in [3.63, 3.8) is 0 Å². The Hall–Kier alpha value is -0.780. The van der Waals surface area contributed by atoms with Crippen LogP contribution in [0.3, 0.4) is 0 Å². The number of benzene rings is 1. The van der Waals surface area contributed by atoms with E-state index in [-0.39, 0.29) is 5.91 Å². The second kappa shape index (κ2) is 5.06. The minimum absolute atomic E-state index is 0.0149. The van der Waals surface area contributed by atoms with Crippen LogP contribution < -0.4 is 10.6 Å². The van der Waals surface area contributed by atoms with Crippen molar-refractivity contribution in [3.05, 3.63) is 27.8 Å². The lowest BCUT2D eigenvalue weighted by molar-refractivity contribution is -0.118. The third kappa shape index (κ3) is 3.63. The molecular weight excluding hydrogens is 279 g/mol. The standard InChI is InChI=1S/C9H11IN2O/c1-11-9(13)6-12-8-4-2-3-7(10)5-8/h2-5,12H,6H2,1H3,(H,11,13). The molecule has 70 valence electrons. The van der Waals surface area contributed by atoms with Crippen LogP contribution in [0.25, 0.3) is 0 Å². The lowest BCUT2D eigenvalue weighted by Crippen LogP contribution is -2.26. The molecule has 0 unspecified atom stereocenters. The molecule has 4 heteroatoms. The van der Waals surface area contributed by atoms with Gasteiger partial charge in [-0.3, -0.25) is 4.79 Å². The predicted octanol–water partition coefficient (Wildman–Crippen LogP) is 1.45. The van der Waals surface area contributed by atoms with Crippen molar-refractivity contribution in [2.75, 3.05) is 18.9 Å². The Labute approximate surface area is 91.0 Å². The van der Waals surface area contributed by atoms with Crippen molar-refractivity contribution in [3.8, 4) is 0 Å². The monoisotopic (exact) mass is 290 g/mol. The van der Waals surface area contributed by atoms with Crippen LogP contribution in [0.4, 0.5) is 5.69 Å². The maximum Gasteiger partial charge on any atom is 0.239 e. The van der Waals surface area contributed by atoms with Crippen LogP contribution in [0, 0.1) is 3.57 Å². The van der Waals surface area contributed by atoms with Crippen molar-refractivity contribution in [1.82, 2.24) is 5.32 Å². The summed E-state index contributed by atoms with van der Waals surface area (Å²) in [5.74, 6) is -0.0149. The molecule has 1 amide bonds. The van der Waals surface area contributed by atoms with Gasteiger partial charge in [0.05, 0.1) is 6.54 Å². The highest BCUT2D eigenvalue weighted by atomic mass is 127. The first-order valence-electron chi connectivity index (χ1n) is 3.92. The summed E-state index contributed by atoms with van der Waals surface area (Å²) < 4.78 is 1.15. The first-order valence-corrected chi connectivity index (χ1v) is 5.00. The van der Waals surface area contributed by atoms with Crippen molar-refractivity contribution < 1.29 is 4.79 Å². The third-order valence-electron chi connectivity index (χ3n) is 1.56. The van der Waals surface area contributed by atoms with Gasteiger partial charge in [0.15, 0.2) is 0 Å². The first-order chi connectivity index (χ1) is 6.22. The summed E-state index contributed by atoms with van der Waals surface area (Å²) in [6.07, 6.45) is 0. The second-order valence-corrected chi connectivity index (χ2v) is 3.78. The molecule has 0 heterocycles. The summed E-state index contributed by atoms with van der Waals surface area (Å²) >= 11 is 2.23. The summed E-state index contributed by atoms with van der Waals surface area (Å²) in [5.41, 5.74) is 0.968. The van der Waals surface area contributed by atoms with Gasteiger partial charge in [-0.15, -0.1) is 0 Å². The number of likely N-dealkylation sites (N-methyl/N-ethyl adjacent to an activating group) is 1. The average Bonchev–Trinajstić information content (AvgIpc) is 2.14. The van der Waals surface area contributed by atoms with Gasteiger partial charge in [-0.1, -0.05) is 6.07 Å². The molecule has 0 aliphatic carbocycles. The Morgan fingerprint density at radius 1 is 1.54 bits per heavy atom. The molecule has 1 aromatic carbocycles. The minimum atomic E-state index is -0.0149. The number of amides is 1. The summed E-state index contributed by atoms with van der Waals surface area (Å²) in [6.45, 7) is 0.316. The van der Waals surface area contributed by atoms with Gasteiger partial charge >= 0.3 is 0 Å². The van der Waals surface area contributed by atoms with Crippen LogP contribution in [0.5, 0.6) is 0 Å². The summed E-state index contributed by atoms with van der Waals surface area (Å²) in [7, 11) is 1.62. The van der Waals surface area contributed by atoms with Crippen molar-refractivity contribution >= 4 is 34.2 Å². The van der Waals surface area contributed by atoms with Crippen LogP contribution in [0.15, 0.2) is 24.3 Å². The second-order valence-electron chi connectivity index (χ2n) is 2.54. The van der Waals surface area contributed by atoms with Gasteiger partial charge in [-0.05, 0) is 40.8 Å². The zero-order valence-electron chi connectivity index (χ0n) is 7.30. The van der Waals surface area contributed by atoms with E-state index in [1.807, 2.05) is 24.3 Å². The fourth-order valence-electron chi connectivity index (χ4n) is 0.869. The predicted molar refractivity (Wildman–Crippen MR) is 61.7 cm³/mol. The molecule has 0 spiro atoms. The average molecular weight is 290 g/mol. The number of carbonyl (C=O) groups excluding carboxylic acids is 1. The Balaban J connectivity index is 2.50. The lowest BCUT2D eigenvalue weighted by Gasteiger charge is -2.04. The van der Waals surface area contributed by atoms with Crippen LogP contribution in [-0.2, 0) is 4.79 Å². The van der Waals surface area contributed by atoms with Crippen LogP contribution in [0.2, 0.25) is 0 Å². The molecule has 1 aromatic rings. The molecule has 0 saturated carbocycles. The highest BCUT2D eigenvalue weighted by Crippen LogP contribution is 2.11. The summed E-state index contributed by atoms with van der Waals surface area (Å²) in [4.78, 5) is 10.9. The van der Waals surface area contributed by atoms with Crippen molar-refractivity contribution in [1.29, 1.82) is 0 Å². The molecule has 0 bridgehead atoms. The number of rotatable bonds is 3. The van der Waals surface area contributed by atoms with E-state index >= 15 is 0 Å². The van der Waals surface area contributed by atoms with Crippen LogP contribution in [0.1, 0.15) is 0 Å². The van der Waals surface area contributed by atoms with E-state index in [4.69, 9.17) is 0 Å². The molecule has 0 saturated heterocycles. The number of carbonyl (C=O) groups is 1. The van der Waals surface area contributed by atoms with E-state index in [1.165, 1.54) is 0 Å². The highest BCUT2D eigenvalue weighted by molar-refractivity contribution is 14.1. The van der Waals surface area contributed by atoms with E-state index in [0.29, 0.717) is 6.54 Å². The third-order valence-corrected chi connectivity index (χ3v) is 2.23. The number of hydrogen-bond donors (Lipinski definition) is 2. The maximum atomic E-state index is 10.9. The normalized spacial score (nSPS) is 9.38. The van der Waals surface area contributed by atoms with E-state index in [0.717, 1.165) is 9.26 Å². The van der Waals surface area contributed by atoms with Crippen molar-refractivity contribution in [2.24, 2.45) is 0 Å². The molecule has 13 heavy (non-hydrogen) atoms.